The van der Waals surface area contributed by atoms with Gasteiger partial charge in [-0.25, -0.2) is 0 Å². The molecule has 112 valence electrons. The molecule has 3 atom stereocenters. The molecule has 1 aliphatic heterocycles. The first-order valence-electron chi connectivity index (χ1n) is 9.03. The van der Waals surface area contributed by atoms with Crippen LogP contribution in [0.5, 0.6) is 0 Å². The Morgan fingerprint density at radius 1 is 0.850 bits per heavy atom. The Bertz CT molecular complexity index is 350. The quantitative estimate of drug-likeness (QED) is 0.730. The molecule has 0 radical (unpaired) electrons. The van der Waals surface area contributed by atoms with Gasteiger partial charge in [0.1, 0.15) is 0 Å². The first-order chi connectivity index (χ1) is 9.88. The molecule has 0 aromatic carbocycles. The lowest BCUT2D eigenvalue weighted by Gasteiger charge is -2.41. The van der Waals surface area contributed by atoms with Crippen molar-refractivity contribution >= 4 is 0 Å². The number of hydrogen-bond donors (Lipinski definition) is 0. The highest BCUT2D eigenvalue weighted by Gasteiger charge is 2.37. The minimum Gasteiger partial charge on any atom is -0.300 e. The Morgan fingerprint density at radius 2 is 1.65 bits per heavy atom. The van der Waals surface area contributed by atoms with Crippen LogP contribution in [0.4, 0.5) is 0 Å². The number of hydrogen-bond acceptors (Lipinski definition) is 2. The van der Waals surface area contributed by atoms with Crippen molar-refractivity contribution in [3.05, 3.63) is 12.2 Å². The molecule has 0 spiro atoms. The second kappa shape index (κ2) is 5.81. The van der Waals surface area contributed by atoms with Crippen molar-refractivity contribution in [2.45, 2.75) is 51.0 Å². The number of fused-ring (bicyclic) bond motifs is 2. The van der Waals surface area contributed by atoms with Crippen LogP contribution in [0.2, 0.25) is 0 Å². The second-order valence-corrected chi connectivity index (χ2v) is 7.67. The lowest BCUT2D eigenvalue weighted by molar-refractivity contribution is 0.0686. The van der Waals surface area contributed by atoms with E-state index in [1.165, 1.54) is 77.7 Å². The first-order valence-corrected chi connectivity index (χ1v) is 9.03. The molecule has 2 saturated carbocycles. The predicted molar refractivity (Wildman–Crippen MR) is 83.7 cm³/mol. The molecule has 0 aromatic rings. The molecular weight excluding hydrogens is 244 g/mol. The maximum Gasteiger partial charge on any atom is 0.0113 e. The standard InChI is InChI=1S/C18H30N2/c1-2-4-18(5-3-1)20-10-8-19(9-11-20)14-17-13-15-6-7-16(17)12-15/h6-7,15-18H,1-5,8-14H2/t15-,16-,17+/m0/s1. The molecule has 2 heteroatoms. The van der Waals surface area contributed by atoms with Gasteiger partial charge in [0.15, 0.2) is 0 Å². The fourth-order valence-electron chi connectivity index (χ4n) is 5.19. The summed E-state index contributed by atoms with van der Waals surface area (Å²) >= 11 is 0. The van der Waals surface area contributed by atoms with E-state index in [-0.39, 0.29) is 0 Å². The summed E-state index contributed by atoms with van der Waals surface area (Å²) < 4.78 is 0. The fraction of sp³-hybridized carbons (Fsp3) is 0.889. The summed E-state index contributed by atoms with van der Waals surface area (Å²) in [5.41, 5.74) is 0. The van der Waals surface area contributed by atoms with E-state index >= 15 is 0 Å². The SMILES string of the molecule is C1=C[C@H]2C[C@H]1C[C@@H]2CN1CCN(C2CCCCC2)CC1. The van der Waals surface area contributed by atoms with Crippen molar-refractivity contribution in [2.75, 3.05) is 32.7 Å². The van der Waals surface area contributed by atoms with Gasteiger partial charge in [-0.15, -0.1) is 0 Å². The number of nitrogens with zero attached hydrogens (tertiary/aromatic N) is 2. The van der Waals surface area contributed by atoms with Crippen molar-refractivity contribution in [3.63, 3.8) is 0 Å². The molecule has 4 aliphatic rings. The smallest absolute Gasteiger partial charge is 0.0113 e. The number of piperazine rings is 1. The summed E-state index contributed by atoms with van der Waals surface area (Å²) in [5, 5.41) is 0. The third-order valence-electron chi connectivity index (χ3n) is 6.41. The lowest BCUT2D eigenvalue weighted by Crippen LogP contribution is -2.51. The topological polar surface area (TPSA) is 6.48 Å². The normalized spacial score (nSPS) is 39.7. The maximum absolute atomic E-state index is 2.80. The Hall–Kier alpha value is -0.340. The number of rotatable bonds is 3. The van der Waals surface area contributed by atoms with Gasteiger partial charge in [0, 0.05) is 38.8 Å². The molecule has 2 bridgehead atoms. The molecule has 0 aromatic heterocycles. The van der Waals surface area contributed by atoms with Gasteiger partial charge in [-0.1, -0.05) is 31.4 Å². The molecule has 3 fully saturated rings. The van der Waals surface area contributed by atoms with E-state index in [0.29, 0.717) is 0 Å². The largest absolute Gasteiger partial charge is 0.300 e. The summed E-state index contributed by atoms with van der Waals surface area (Å²) in [5.74, 6) is 2.84. The highest BCUT2D eigenvalue weighted by Crippen LogP contribution is 2.43. The predicted octanol–water partition coefficient (Wildman–Crippen LogP) is 3.15. The van der Waals surface area contributed by atoms with Crippen molar-refractivity contribution in [1.82, 2.24) is 9.80 Å². The minimum absolute atomic E-state index is 0.927. The highest BCUT2D eigenvalue weighted by atomic mass is 15.3. The average molecular weight is 274 g/mol. The van der Waals surface area contributed by atoms with Gasteiger partial charge in [-0.05, 0) is 43.4 Å². The zero-order valence-electron chi connectivity index (χ0n) is 12.8. The van der Waals surface area contributed by atoms with Crippen LogP contribution in [0.3, 0.4) is 0 Å². The molecule has 0 N–H and O–H groups in total. The third-order valence-corrected chi connectivity index (χ3v) is 6.41. The van der Waals surface area contributed by atoms with E-state index in [9.17, 15) is 0 Å². The summed E-state index contributed by atoms with van der Waals surface area (Å²) in [6.07, 6.45) is 15.3. The Balaban J connectivity index is 1.24. The van der Waals surface area contributed by atoms with Gasteiger partial charge in [0.05, 0.1) is 0 Å². The van der Waals surface area contributed by atoms with Crippen LogP contribution in [-0.2, 0) is 0 Å². The van der Waals surface area contributed by atoms with Crippen LogP contribution in [0, 0.1) is 17.8 Å². The Morgan fingerprint density at radius 3 is 2.30 bits per heavy atom. The molecule has 0 unspecified atom stereocenters. The van der Waals surface area contributed by atoms with E-state index < -0.39 is 0 Å². The van der Waals surface area contributed by atoms with E-state index in [1.807, 2.05) is 0 Å². The van der Waals surface area contributed by atoms with Crippen molar-refractivity contribution in [1.29, 1.82) is 0 Å². The average Bonchev–Trinajstić information content (AvgIpc) is 3.12. The van der Waals surface area contributed by atoms with Gasteiger partial charge < -0.3 is 4.90 Å². The Labute approximate surface area is 124 Å². The first kappa shape index (κ1) is 13.3. The van der Waals surface area contributed by atoms with Crippen LogP contribution in [-0.4, -0.2) is 48.6 Å². The van der Waals surface area contributed by atoms with Crippen LogP contribution in [0.15, 0.2) is 12.2 Å². The molecule has 4 rings (SSSR count). The van der Waals surface area contributed by atoms with Gasteiger partial charge in [-0.3, -0.25) is 4.90 Å². The second-order valence-electron chi connectivity index (χ2n) is 7.67. The minimum atomic E-state index is 0.927. The summed E-state index contributed by atoms with van der Waals surface area (Å²) in [6.45, 7) is 6.70. The zero-order valence-corrected chi connectivity index (χ0v) is 12.8. The molecule has 3 aliphatic carbocycles. The van der Waals surface area contributed by atoms with E-state index in [1.54, 1.807) is 0 Å². The van der Waals surface area contributed by atoms with Crippen LogP contribution >= 0.6 is 0 Å². The maximum atomic E-state index is 2.80. The summed E-state index contributed by atoms with van der Waals surface area (Å²) in [7, 11) is 0. The van der Waals surface area contributed by atoms with E-state index in [0.717, 1.165) is 23.8 Å². The summed E-state index contributed by atoms with van der Waals surface area (Å²) in [6, 6.07) is 0.927. The third kappa shape index (κ3) is 2.69. The highest BCUT2D eigenvalue weighted by molar-refractivity contribution is 5.10. The molecule has 1 heterocycles. The van der Waals surface area contributed by atoms with Gasteiger partial charge >= 0.3 is 0 Å². The van der Waals surface area contributed by atoms with Crippen LogP contribution in [0.25, 0.3) is 0 Å². The molecule has 1 saturated heterocycles. The van der Waals surface area contributed by atoms with Crippen molar-refractivity contribution in [2.24, 2.45) is 17.8 Å². The number of allylic oxidation sites excluding steroid dienone is 2. The van der Waals surface area contributed by atoms with E-state index in [4.69, 9.17) is 0 Å². The monoisotopic (exact) mass is 274 g/mol. The Kier molecular flexibility index (Phi) is 3.87. The molecular formula is C18H30N2. The van der Waals surface area contributed by atoms with Crippen molar-refractivity contribution in [3.8, 4) is 0 Å². The molecule has 0 amide bonds. The van der Waals surface area contributed by atoms with Crippen LogP contribution in [0.1, 0.15) is 44.9 Å². The summed E-state index contributed by atoms with van der Waals surface area (Å²) in [4.78, 5) is 5.56. The molecule has 20 heavy (non-hydrogen) atoms. The van der Waals surface area contributed by atoms with Gasteiger partial charge in [-0.2, -0.15) is 0 Å². The lowest BCUT2D eigenvalue weighted by atomic mass is 9.92. The van der Waals surface area contributed by atoms with Gasteiger partial charge in [0.25, 0.3) is 0 Å². The van der Waals surface area contributed by atoms with Crippen LogP contribution < -0.4 is 0 Å². The zero-order chi connectivity index (χ0) is 13.4. The molecule has 2 nitrogen and oxygen atoms in total. The van der Waals surface area contributed by atoms with E-state index in [2.05, 4.69) is 22.0 Å². The van der Waals surface area contributed by atoms with Crippen molar-refractivity contribution < 1.29 is 0 Å². The van der Waals surface area contributed by atoms with Gasteiger partial charge in [0.2, 0.25) is 0 Å². The fourth-order valence-corrected chi connectivity index (χ4v) is 5.19.